The first-order valence-electron chi connectivity index (χ1n) is 5.25. The minimum atomic E-state index is -0.0350. The van der Waals surface area contributed by atoms with E-state index in [2.05, 4.69) is 12.2 Å². The van der Waals surface area contributed by atoms with E-state index in [1.807, 2.05) is 6.92 Å². The molecule has 0 rings (SSSR count). The van der Waals surface area contributed by atoms with Gasteiger partial charge in [-0.05, 0) is 32.2 Å². The van der Waals surface area contributed by atoms with Gasteiger partial charge in [0, 0.05) is 13.2 Å². The van der Waals surface area contributed by atoms with E-state index in [0.29, 0.717) is 19.1 Å². The van der Waals surface area contributed by atoms with Gasteiger partial charge in [0.05, 0.1) is 0 Å². The molecule has 1 amide bonds. The molecule has 0 saturated carbocycles. The van der Waals surface area contributed by atoms with E-state index in [1.165, 1.54) is 0 Å². The van der Waals surface area contributed by atoms with E-state index >= 15 is 0 Å². The molecule has 4 nitrogen and oxygen atoms in total. The Morgan fingerprint density at radius 3 is 2.86 bits per heavy atom. The second-order valence-corrected chi connectivity index (χ2v) is 3.47. The van der Waals surface area contributed by atoms with Crippen LogP contribution in [0.4, 0.5) is 0 Å². The van der Waals surface area contributed by atoms with Gasteiger partial charge in [-0.3, -0.25) is 4.79 Å². The Balaban J connectivity index is 3.22. The van der Waals surface area contributed by atoms with Crippen LogP contribution >= 0.6 is 0 Å². The molecule has 0 bridgehead atoms. The third kappa shape index (κ3) is 8.01. The number of hydrogen-bond donors (Lipinski definition) is 2. The van der Waals surface area contributed by atoms with Crippen LogP contribution in [0.3, 0.4) is 0 Å². The van der Waals surface area contributed by atoms with Gasteiger partial charge >= 0.3 is 0 Å². The second kappa shape index (κ2) is 8.97. The summed E-state index contributed by atoms with van der Waals surface area (Å²) in [7, 11) is 0. The fourth-order valence-corrected chi connectivity index (χ4v) is 1.04. The summed E-state index contributed by atoms with van der Waals surface area (Å²) in [6.45, 7) is 6.17. The van der Waals surface area contributed by atoms with Crippen molar-refractivity contribution in [1.82, 2.24) is 5.32 Å². The maximum absolute atomic E-state index is 11.1. The van der Waals surface area contributed by atoms with Gasteiger partial charge in [-0.25, -0.2) is 0 Å². The lowest BCUT2D eigenvalue weighted by atomic mass is 10.1. The standard InChI is InChI=1S/C10H22N2O2/c1-3-14-8-10(13)12-6-4-5-9(2)7-11/h9H,3-8,11H2,1-2H3,(H,12,13). The van der Waals surface area contributed by atoms with Crippen molar-refractivity contribution in [2.45, 2.75) is 26.7 Å². The molecule has 0 spiro atoms. The van der Waals surface area contributed by atoms with Crippen molar-refractivity contribution in [3.8, 4) is 0 Å². The van der Waals surface area contributed by atoms with Crippen molar-refractivity contribution in [2.24, 2.45) is 11.7 Å². The average Bonchev–Trinajstić information content (AvgIpc) is 2.21. The lowest BCUT2D eigenvalue weighted by Crippen LogP contribution is -2.28. The number of carbonyl (C=O) groups is 1. The van der Waals surface area contributed by atoms with E-state index in [9.17, 15) is 4.79 Å². The molecule has 0 radical (unpaired) electrons. The molecule has 1 atom stereocenters. The maximum atomic E-state index is 11.1. The van der Waals surface area contributed by atoms with Gasteiger partial charge in [0.2, 0.25) is 5.91 Å². The minimum absolute atomic E-state index is 0.0350. The predicted octanol–water partition coefficient (Wildman–Crippen LogP) is 0.514. The van der Waals surface area contributed by atoms with Gasteiger partial charge in [0.25, 0.3) is 0 Å². The first-order valence-corrected chi connectivity index (χ1v) is 5.25. The molecule has 0 fully saturated rings. The second-order valence-electron chi connectivity index (χ2n) is 3.47. The van der Waals surface area contributed by atoms with Crippen LogP contribution in [-0.4, -0.2) is 32.2 Å². The fraction of sp³-hybridized carbons (Fsp3) is 0.900. The number of ether oxygens (including phenoxy) is 1. The number of nitrogens with two attached hydrogens (primary N) is 1. The van der Waals surface area contributed by atoms with Crippen LogP contribution in [0.15, 0.2) is 0 Å². The Kier molecular flexibility index (Phi) is 8.57. The van der Waals surface area contributed by atoms with E-state index in [1.54, 1.807) is 0 Å². The zero-order chi connectivity index (χ0) is 10.8. The molecule has 0 aliphatic heterocycles. The third-order valence-corrected chi connectivity index (χ3v) is 2.04. The molecular weight excluding hydrogens is 180 g/mol. The number of rotatable bonds is 8. The summed E-state index contributed by atoms with van der Waals surface area (Å²) in [4.78, 5) is 11.1. The Morgan fingerprint density at radius 2 is 2.29 bits per heavy atom. The molecular formula is C10H22N2O2. The van der Waals surface area contributed by atoms with Crippen LogP contribution < -0.4 is 11.1 Å². The molecule has 0 aromatic heterocycles. The van der Waals surface area contributed by atoms with Gasteiger partial charge < -0.3 is 15.8 Å². The first kappa shape index (κ1) is 13.4. The summed E-state index contributed by atoms with van der Waals surface area (Å²) >= 11 is 0. The number of hydrogen-bond acceptors (Lipinski definition) is 3. The average molecular weight is 202 g/mol. The van der Waals surface area contributed by atoms with Crippen molar-refractivity contribution in [3.05, 3.63) is 0 Å². The Bertz CT molecular complexity index is 151. The summed E-state index contributed by atoms with van der Waals surface area (Å²) in [5.41, 5.74) is 5.47. The molecule has 4 heteroatoms. The lowest BCUT2D eigenvalue weighted by Gasteiger charge is -2.08. The molecule has 1 unspecified atom stereocenters. The summed E-state index contributed by atoms with van der Waals surface area (Å²) in [5, 5.41) is 2.79. The Labute approximate surface area is 86.2 Å². The van der Waals surface area contributed by atoms with Crippen molar-refractivity contribution in [3.63, 3.8) is 0 Å². The SMILES string of the molecule is CCOCC(=O)NCCCC(C)CN. The molecule has 0 aromatic rings. The van der Waals surface area contributed by atoms with Crippen LogP contribution in [0.1, 0.15) is 26.7 Å². The van der Waals surface area contributed by atoms with E-state index in [0.717, 1.165) is 19.4 Å². The van der Waals surface area contributed by atoms with Crippen LogP contribution in [0.2, 0.25) is 0 Å². The maximum Gasteiger partial charge on any atom is 0.245 e. The van der Waals surface area contributed by atoms with Crippen molar-refractivity contribution >= 4 is 5.91 Å². The molecule has 0 heterocycles. The highest BCUT2D eigenvalue weighted by Gasteiger charge is 2.01. The molecule has 3 N–H and O–H groups in total. The highest BCUT2D eigenvalue weighted by atomic mass is 16.5. The summed E-state index contributed by atoms with van der Waals surface area (Å²) in [6.07, 6.45) is 2.04. The Hall–Kier alpha value is -0.610. The normalized spacial score (nSPS) is 12.5. The number of amides is 1. The molecule has 0 saturated heterocycles. The Morgan fingerprint density at radius 1 is 1.57 bits per heavy atom. The minimum Gasteiger partial charge on any atom is -0.372 e. The lowest BCUT2D eigenvalue weighted by molar-refractivity contribution is -0.125. The summed E-state index contributed by atoms with van der Waals surface area (Å²) in [6, 6.07) is 0. The largest absolute Gasteiger partial charge is 0.372 e. The fourth-order valence-electron chi connectivity index (χ4n) is 1.04. The highest BCUT2D eigenvalue weighted by Crippen LogP contribution is 2.01. The zero-order valence-electron chi connectivity index (χ0n) is 9.21. The van der Waals surface area contributed by atoms with Crippen molar-refractivity contribution < 1.29 is 9.53 Å². The van der Waals surface area contributed by atoms with E-state index < -0.39 is 0 Å². The smallest absolute Gasteiger partial charge is 0.245 e. The van der Waals surface area contributed by atoms with Gasteiger partial charge in [-0.1, -0.05) is 6.92 Å². The van der Waals surface area contributed by atoms with Crippen LogP contribution in [-0.2, 0) is 9.53 Å². The number of nitrogens with one attached hydrogen (secondary N) is 1. The van der Waals surface area contributed by atoms with Crippen LogP contribution in [0.25, 0.3) is 0 Å². The molecule has 0 aliphatic rings. The van der Waals surface area contributed by atoms with Gasteiger partial charge in [-0.2, -0.15) is 0 Å². The van der Waals surface area contributed by atoms with E-state index in [4.69, 9.17) is 10.5 Å². The topological polar surface area (TPSA) is 64.3 Å². The summed E-state index contributed by atoms with van der Waals surface area (Å²) in [5.74, 6) is 0.506. The summed E-state index contributed by atoms with van der Waals surface area (Å²) < 4.78 is 4.96. The van der Waals surface area contributed by atoms with Crippen molar-refractivity contribution in [2.75, 3.05) is 26.3 Å². The van der Waals surface area contributed by atoms with Crippen molar-refractivity contribution in [1.29, 1.82) is 0 Å². The van der Waals surface area contributed by atoms with Crippen LogP contribution in [0, 0.1) is 5.92 Å². The number of carbonyl (C=O) groups excluding carboxylic acids is 1. The quantitative estimate of drug-likeness (QED) is 0.564. The molecule has 14 heavy (non-hydrogen) atoms. The zero-order valence-corrected chi connectivity index (χ0v) is 9.21. The third-order valence-electron chi connectivity index (χ3n) is 2.04. The van der Waals surface area contributed by atoms with Gasteiger partial charge in [0.15, 0.2) is 0 Å². The van der Waals surface area contributed by atoms with Crippen LogP contribution in [0.5, 0.6) is 0 Å². The first-order chi connectivity index (χ1) is 6.70. The monoisotopic (exact) mass is 202 g/mol. The van der Waals surface area contributed by atoms with E-state index in [-0.39, 0.29) is 12.5 Å². The predicted molar refractivity (Wildman–Crippen MR) is 57.0 cm³/mol. The van der Waals surface area contributed by atoms with Gasteiger partial charge in [-0.15, -0.1) is 0 Å². The molecule has 0 aliphatic carbocycles. The molecule has 84 valence electrons. The molecule has 0 aromatic carbocycles. The van der Waals surface area contributed by atoms with Gasteiger partial charge in [0.1, 0.15) is 6.61 Å². The highest BCUT2D eigenvalue weighted by molar-refractivity contribution is 5.77.